The van der Waals surface area contributed by atoms with Crippen molar-refractivity contribution in [3.63, 3.8) is 0 Å². The number of alkyl halides is 3. The number of halogens is 3. The van der Waals surface area contributed by atoms with Gasteiger partial charge in [0, 0.05) is 42.2 Å². The first kappa shape index (κ1) is 31.4. The molecule has 1 aliphatic heterocycles. The predicted octanol–water partition coefficient (Wildman–Crippen LogP) is 3.65. The molecule has 0 radical (unpaired) electrons. The molecule has 1 aliphatic carbocycles. The van der Waals surface area contributed by atoms with Crippen LogP contribution in [0.15, 0.2) is 72.9 Å². The SMILES string of the molecule is COc1ccc(C2(O)CCC([C@]3(N(C(=O)CNC(=O)c4cccc(C(F)(F)F)c4)c4ccccc4)CNC[C@@H]3O)CC2)cn1. The number of aromatic nitrogens is 1. The average Bonchev–Trinajstić information content (AvgIpc) is 3.41. The van der Waals surface area contributed by atoms with Gasteiger partial charge < -0.3 is 30.5 Å². The topological polar surface area (TPSA) is 124 Å². The van der Waals surface area contributed by atoms with Crippen LogP contribution in [0.5, 0.6) is 5.88 Å². The van der Waals surface area contributed by atoms with E-state index in [-0.39, 0.29) is 24.6 Å². The lowest BCUT2D eigenvalue weighted by atomic mass is 9.66. The second-order valence-corrected chi connectivity index (χ2v) is 11.4. The van der Waals surface area contributed by atoms with Crippen molar-refractivity contribution < 1.29 is 37.7 Å². The van der Waals surface area contributed by atoms with Crippen molar-refractivity contribution in [2.75, 3.05) is 31.6 Å². The molecule has 2 amide bonds. The van der Waals surface area contributed by atoms with Crippen molar-refractivity contribution in [1.29, 1.82) is 0 Å². The molecule has 12 heteroatoms. The van der Waals surface area contributed by atoms with E-state index in [2.05, 4.69) is 15.6 Å². The van der Waals surface area contributed by atoms with Crippen LogP contribution in [0.25, 0.3) is 0 Å². The van der Waals surface area contributed by atoms with Crippen molar-refractivity contribution in [3.05, 3.63) is 89.6 Å². The predicted molar refractivity (Wildman–Crippen MR) is 156 cm³/mol. The summed E-state index contributed by atoms with van der Waals surface area (Å²) in [6.45, 7) is -0.00739. The smallest absolute Gasteiger partial charge is 0.416 e. The molecule has 1 saturated heterocycles. The fraction of sp³-hybridized carbons (Fsp3) is 0.406. The summed E-state index contributed by atoms with van der Waals surface area (Å²) in [4.78, 5) is 32.6. The Bertz CT molecular complexity index is 1460. The number of anilines is 1. The number of carbonyl (C=O) groups excluding carboxylic acids is 2. The number of hydrogen-bond acceptors (Lipinski definition) is 7. The largest absolute Gasteiger partial charge is 0.481 e. The van der Waals surface area contributed by atoms with Gasteiger partial charge in [0.2, 0.25) is 11.8 Å². The third-order valence-electron chi connectivity index (χ3n) is 8.86. The first-order valence-corrected chi connectivity index (χ1v) is 14.4. The fourth-order valence-electron chi connectivity index (χ4n) is 6.56. The summed E-state index contributed by atoms with van der Waals surface area (Å²) < 4.78 is 44.7. The van der Waals surface area contributed by atoms with Crippen molar-refractivity contribution >= 4 is 17.5 Å². The summed E-state index contributed by atoms with van der Waals surface area (Å²) in [5.41, 5.74) is -2.29. The molecular formula is C32H35F3N4O5. The van der Waals surface area contributed by atoms with Gasteiger partial charge in [0.1, 0.15) is 0 Å². The van der Waals surface area contributed by atoms with Crippen LogP contribution >= 0.6 is 0 Å². The lowest BCUT2D eigenvalue weighted by molar-refractivity contribution is -0.137. The van der Waals surface area contributed by atoms with Gasteiger partial charge in [-0.25, -0.2) is 4.98 Å². The Kier molecular flexibility index (Phi) is 8.96. The molecule has 44 heavy (non-hydrogen) atoms. The summed E-state index contributed by atoms with van der Waals surface area (Å²) in [7, 11) is 1.51. The maximum atomic E-state index is 14.0. The first-order valence-electron chi connectivity index (χ1n) is 14.4. The second-order valence-electron chi connectivity index (χ2n) is 11.4. The molecule has 0 spiro atoms. The molecule has 1 aromatic heterocycles. The highest BCUT2D eigenvalue weighted by molar-refractivity contribution is 6.01. The Morgan fingerprint density at radius 3 is 2.41 bits per heavy atom. The van der Waals surface area contributed by atoms with E-state index in [4.69, 9.17) is 4.74 Å². The highest BCUT2D eigenvalue weighted by Gasteiger charge is 2.56. The number of aliphatic hydroxyl groups is 2. The number of rotatable bonds is 8. The van der Waals surface area contributed by atoms with Gasteiger partial charge in [-0.2, -0.15) is 13.2 Å². The van der Waals surface area contributed by atoms with Gasteiger partial charge in [-0.05, 0) is 68.0 Å². The van der Waals surface area contributed by atoms with Crippen molar-refractivity contribution in [3.8, 4) is 5.88 Å². The molecule has 3 aromatic rings. The van der Waals surface area contributed by atoms with Crippen LogP contribution in [0.2, 0.25) is 0 Å². The van der Waals surface area contributed by atoms with Crippen LogP contribution in [0.1, 0.15) is 47.2 Å². The molecule has 0 unspecified atom stereocenters. The van der Waals surface area contributed by atoms with Crippen LogP contribution in [-0.4, -0.2) is 65.4 Å². The van der Waals surface area contributed by atoms with E-state index in [1.807, 2.05) is 0 Å². The fourth-order valence-corrected chi connectivity index (χ4v) is 6.56. The number of ether oxygens (including phenoxy) is 1. The molecule has 1 saturated carbocycles. The maximum absolute atomic E-state index is 14.0. The van der Waals surface area contributed by atoms with E-state index in [0.29, 0.717) is 42.8 Å². The number of nitrogens with one attached hydrogen (secondary N) is 2. The summed E-state index contributed by atoms with van der Waals surface area (Å²) in [6.07, 6.45) is -2.31. The number of hydrogen-bond donors (Lipinski definition) is 4. The Morgan fingerprint density at radius 2 is 1.82 bits per heavy atom. The number of para-hydroxylation sites is 1. The minimum Gasteiger partial charge on any atom is -0.481 e. The first-order chi connectivity index (χ1) is 21.0. The summed E-state index contributed by atoms with van der Waals surface area (Å²) >= 11 is 0. The molecule has 9 nitrogen and oxygen atoms in total. The number of benzene rings is 2. The Morgan fingerprint density at radius 1 is 1.09 bits per heavy atom. The van der Waals surface area contributed by atoms with Crippen LogP contribution < -0.4 is 20.3 Å². The Labute approximate surface area is 253 Å². The van der Waals surface area contributed by atoms with Crippen molar-refractivity contribution in [2.45, 2.75) is 49.1 Å². The number of β-amino-alcohol motifs (C(OH)–C–C–N with tert-alkyl or cyclic N) is 1. The lowest BCUT2D eigenvalue weighted by Crippen LogP contribution is -2.66. The van der Waals surface area contributed by atoms with Gasteiger partial charge in [0.05, 0.1) is 36.5 Å². The number of aliphatic hydroxyl groups excluding tert-OH is 1. The third-order valence-corrected chi connectivity index (χ3v) is 8.86. The quantitative estimate of drug-likeness (QED) is 0.306. The zero-order valence-electron chi connectivity index (χ0n) is 24.2. The molecule has 0 bridgehead atoms. The normalized spacial score (nSPS) is 25.3. The molecule has 2 fully saturated rings. The highest BCUT2D eigenvalue weighted by atomic mass is 19.4. The number of methoxy groups -OCH3 is 1. The van der Waals surface area contributed by atoms with Gasteiger partial charge in [0.25, 0.3) is 5.91 Å². The monoisotopic (exact) mass is 612 g/mol. The number of pyridine rings is 1. The van der Waals surface area contributed by atoms with Crippen molar-refractivity contribution in [1.82, 2.24) is 15.6 Å². The summed E-state index contributed by atoms with van der Waals surface area (Å²) in [5.74, 6) is -1.16. The van der Waals surface area contributed by atoms with Crippen LogP contribution in [0, 0.1) is 5.92 Å². The minimum absolute atomic E-state index is 0.226. The minimum atomic E-state index is -4.62. The summed E-state index contributed by atoms with van der Waals surface area (Å²) in [5, 5.41) is 28.7. The third kappa shape index (κ3) is 6.15. The van der Waals surface area contributed by atoms with Gasteiger partial charge in [-0.1, -0.05) is 24.3 Å². The van der Waals surface area contributed by atoms with E-state index in [1.165, 1.54) is 18.1 Å². The molecule has 2 aromatic carbocycles. The number of amides is 2. The zero-order chi connectivity index (χ0) is 31.5. The van der Waals surface area contributed by atoms with Gasteiger partial charge in [-0.15, -0.1) is 0 Å². The molecule has 2 heterocycles. The Balaban J connectivity index is 1.40. The van der Waals surface area contributed by atoms with Gasteiger partial charge >= 0.3 is 6.18 Å². The lowest BCUT2D eigenvalue weighted by Gasteiger charge is -2.51. The molecule has 234 valence electrons. The van der Waals surface area contributed by atoms with E-state index >= 15 is 0 Å². The molecular weight excluding hydrogens is 577 g/mol. The summed E-state index contributed by atoms with van der Waals surface area (Å²) in [6, 6.07) is 16.2. The number of carbonyl (C=O) groups is 2. The second kappa shape index (κ2) is 12.5. The standard InChI is InChI=1S/C32H35F3N4O5/c1-44-27-11-10-24(17-37-27)30(43)14-12-22(13-15-30)31(20-36-18-26(31)40)39(25-8-3-2-4-9-25)28(41)19-38-29(42)21-6-5-7-23(16-21)32(33,34)35/h2-11,16-17,22,26,36,40,43H,12-15,18-20H2,1H3,(H,38,42)/t22?,26-,30?,31+/m0/s1. The van der Waals surface area contributed by atoms with Crippen LogP contribution in [-0.2, 0) is 16.6 Å². The molecule has 2 aliphatic rings. The van der Waals surface area contributed by atoms with Gasteiger partial charge in [0.15, 0.2) is 0 Å². The van der Waals surface area contributed by atoms with Crippen LogP contribution in [0.3, 0.4) is 0 Å². The van der Waals surface area contributed by atoms with E-state index in [9.17, 15) is 33.0 Å². The van der Waals surface area contributed by atoms with Crippen LogP contribution in [0.4, 0.5) is 18.9 Å². The molecule has 4 N–H and O–H groups in total. The van der Waals surface area contributed by atoms with Gasteiger partial charge in [-0.3, -0.25) is 9.59 Å². The molecule has 2 atom stereocenters. The average molecular weight is 613 g/mol. The number of nitrogens with zero attached hydrogens (tertiary/aromatic N) is 2. The van der Waals surface area contributed by atoms with E-state index in [1.54, 1.807) is 48.7 Å². The Hall–Kier alpha value is -4.00. The van der Waals surface area contributed by atoms with E-state index < -0.39 is 47.3 Å². The highest BCUT2D eigenvalue weighted by Crippen LogP contribution is 2.47. The maximum Gasteiger partial charge on any atom is 0.416 e. The zero-order valence-corrected chi connectivity index (χ0v) is 24.2. The molecule has 5 rings (SSSR count). The van der Waals surface area contributed by atoms with Crippen molar-refractivity contribution in [2.24, 2.45) is 5.92 Å². The van der Waals surface area contributed by atoms with E-state index in [0.717, 1.165) is 18.2 Å².